The number of hydrazone groups is 1. The summed E-state index contributed by atoms with van der Waals surface area (Å²) >= 11 is 0. The number of methoxy groups -OCH3 is 1. The van der Waals surface area contributed by atoms with Crippen LogP contribution in [0, 0.1) is 10.1 Å². The average Bonchev–Trinajstić information content (AvgIpc) is 2.84. The third kappa shape index (κ3) is 5.33. The molecule has 0 bridgehead atoms. The normalized spacial score (nSPS) is 11.2. The number of sulfonamides is 1. The molecule has 0 aliphatic rings. The maximum absolute atomic E-state index is 12.7. The maximum atomic E-state index is 12.7. The van der Waals surface area contributed by atoms with E-state index >= 15 is 0 Å². The minimum atomic E-state index is -3.73. The van der Waals surface area contributed by atoms with Gasteiger partial charge in [-0.05, 0) is 48.5 Å². The van der Waals surface area contributed by atoms with Crippen LogP contribution in [0.5, 0.6) is 5.75 Å². The van der Waals surface area contributed by atoms with Crippen LogP contribution < -0.4 is 14.5 Å². The summed E-state index contributed by atoms with van der Waals surface area (Å²) in [4.78, 5) is 23.0. The molecule has 0 saturated carbocycles. The summed E-state index contributed by atoms with van der Waals surface area (Å²) in [6, 6.07) is 18.2. The summed E-state index contributed by atoms with van der Waals surface area (Å²) < 4.78 is 31.5. The lowest BCUT2D eigenvalue weighted by Crippen LogP contribution is -2.26. The Hall–Kier alpha value is -4.25. The Balaban J connectivity index is 1.68. The van der Waals surface area contributed by atoms with Gasteiger partial charge >= 0.3 is 5.69 Å². The third-order valence-electron chi connectivity index (χ3n) is 4.67. The Labute approximate surface area is 190 Å². The number of anilines is 1. The van der Waals surface area contributed by atoms with Gasteiger partial charge in [0.15, 0.2) is 5.75 Å². The molecule has 3 aromatic carbocycles. The Morgan fingerprint density at radius 3 is 2.36 bits per heavy atom. The van der Waals surface area contributed by atoms with Crippen molar-refractivity contribution in [2.24, 2.45) is 5.10 Å². The predicted molar refractivity (Wildman–Crippen MR) is 123 cm³/mol. The van der Waals surface area contributed by atoms with Gasteiger partial charge < -0.3 is 4.74 Å². The van der Waals surface area contributed by atoms with E-state index in [0.717, 1.165) is 4.31 Å². The van der Waals surface area contributed by atoms with Gasteiger partial charge in [-0.1, -0.05) is 18.2 Å². The van der Waals surface area contributed by atoms with Crippen LogP contribution in [0.1, 0.15) is 15.9 Å². The standard InChI is InChI=1S/C22H20N4O6S/c1-25(33(30,31)19-6-4-3-5-7-19)18-11-9-17(10-12-18)22(27)24-23-15-16-8-13-21(32-2)20(14-16)26(28)29/h3-15H,1-2H3,(H,24,27)/b23-15-. The predicted octanol–water partition coefficient (Wildman–Crippen LogP) is 3.19. The summed E-state index contributed by atoms with van der Waals surface area (Å²) in [6.45, 7) is 0. The maximum Gasteiger partial charge on any atom is 0.311 e. The molecule has 0 atom stereocenters. The molecule has 1 amide bonds. The molecule has 170 valence electrons. The molecule has 0 spiro atoms. The average molecular weight is 468 g/mol. The number of hydrogen-bond acceptors (Lipinski definition) is 7. The molecule has 3 aromatic rings. The van der Waals surface area contributed by atoms with Crippen molar-refractivity contribution in [2.45, 2.75) is 4.90 Å². The van der Waals surface area contributed by atoms with Crippen LogP contribution in [0.25, 0.3) is 0 Å². The SMILES string of the molecule is COc1ccc(/C=N\NC(=O)c2ccc(N(C)S(=O)(=O)c3ccccc3)cc2)cc1[N+](=O)[O-]. The minimum Gasteiger partial charge on any atom is -0.490 e. The number of nitrogens with zero attached hydrogens (tertiary/aromatic N) is 3. The molecule has 0 heterocycles. The Morgan fingerprint density at radius 1 is 1.09 bits per heavy atom. The summed E-state index contributed by atoms with van der Waals surface area (Å²) in [5.41, 5.74) is 3.13. The quantitative estimate of drug-likeness (QED) is 0.307. The van der Waals surface area contributed by atoms with Crippen LogP contribution in [0.4, 0.5) is 11.4 Å². The number of carbonyl (C=O) groups excluding carboxylic acids is 1. The molecule has 0 aliphatic heterocycles. The summed E-state index contributed by atoms with van der Waals surface area (Å²) in [7, 11) is -0.976. The summed E-state index contributed by atoms with van der Waals surface area (Å²) in [5.74, 6) is -0.421. The molecule has 0 aliphatic carbocycles. The molecule has 0 aromatic heterocycles. The summed E-state index contributed by atoms with van der Waals surface area (Å²) in [6.07, 6.45) is 1.26. The molecule has 0 radical (unpaired) electrons. The highest BCUT2D eigenvalue weighted by Gasteiger charge is 2.21. The Kier molecular flexibility index (Phi) is 7.04. The number of hydrogen-bond donors (Lipinski definition) is 1. The van der Waals surface area contributed by atoms with Crippen molar-refractivity contribution in [1.29, 1.82) is 0 Å². The van der Waals surface area contributed by atoms with E-state index in [2.05, 4.69) is 10.5 Å². The second-order valence-electron chi connectivity index (χ2n) is 6.72. The number of nitrogens with one attached hydrogen (secondary N) is 1. The fourth-order valence-corrected chi connectivity index (χ4v) is 4.09. The van der Waals surface area contributed by atoms with Crippen molar-refractivity contribution in [3.63, 3.8) is 0 Å². The van der Waals surface area contributed by atoms with Crippen LogP contribution >= 0.6 is 0 Å². The fourth-order valence-electron chi connectivity index (χ4n) is 2.87. The molecule has 3 rings (SSSR count). The molecule has 33 heavy (non-hydrogen) atoms. The molecule has 11 heteroatoms. The van der Waals surface area contributed by atoms with Crippen molar-refractivity contribution < 1.29 is 22.9 Å². The zero-order chi connectivity index (χ0) is 24.0. The van der Waals surface area contributed by atoms with Crippen molar-refractivity contribution in [1.82, 2.24) is 5.43 Å². The monoisotopic (exact) mass is 468 g/mol. The van der Waals surface area contributed by atoms with Crippen LogP contribution in [0.3, 0.4) is 0 Å². The van der Waals surface area contributed by atoms with Gasteiger partial charge in [-0.15, -0.1) is 0 Å². The Morgan fingerprint density at radius 2 is 1.76 bits per heavy atom. The summed E-state index contributed by atoms with van der Waals surface area (Å²) in [5, 5.41) is 14.9. The van der Waals surface area contributed by atoms with Crippen LogP contribution in [-0.4, -0.2) is 39.6 Å². The third-order valence-corrected chi connectivity index (χ3v) is 6.47. The lowest BCUT2D eigenvalue weighted by molar-refractivity contribution is -0.385. The molecule has 0 saturated heterocycles. The van der Waals surface area contributed by atoms with Crippen LogP contribution in [0.2, 0.25) is 0 Å². The first-order valence-electron chi connectivity index (χ1n) is 9.54. The minimum absolute atomic E-state index is 0.112. The van der Waals surface area contributed by atoms with Crippen LogP contribution in [0.15, 0.2) is 82.8 Å². The molecular formula is C22H20N4O6S. The van der Waals surface area contributed by atoms with Gasteiger partial charge in [-0.3, -0.25) is 19.2 Å². The fraction of sp³-hybridized carbons (Fsp3) is 0.0909. The molecule has 0 unspecified atom stereocenters. The molecule has 0 fully saturated rings. The zero-order valence-electron chi connectivity index (χ0n) is 17.7. The van der Waals surface area contributed by atoms with Gasteiger partial charge in [0.2, 0.25) is 0 Å². The molecule has 10 nitrogen and oxygen atoms in total. The van der Waals surface area contributed by atoms with Crippen molar-refractivity contribution >= 4 is 33.5 Å². The largest absolute Gasteiger partial charge is 0.490 e. The van der Waals surface area contributed by atoms with E-state index < -0.39 is 20.9 Å². The second-order valence-corrected chi connectivity index (χ2v) is 8.69. The van der Waals surface area contributed by atoms with E-state index in [1.54, 1.807) is 24.3 Å². The van der Waals surface area contributed by atoms with E-state index in [1.165, 1.54) is 68.9 Å². The molecule has 1 N–H and O–H groups in total. The molecular weight excluding hydrogens is 448 g/mol. The number of rotatable bonds is 8. The lowest BCUT2D eigenvalue weighted by atomic mass is 10.2. The van der Waals surface area contributed by atoms with Crippen LogP contribution in [-0.2, 0) is 10.0 Å². The van der Waals surface area contributed by atoms with E-state index in [9.17, 15) is 23.3 Å². The van der Waals surface area contributed by atoms with Gasteiger partial charge in [0.25, 0.3) is 15.9 Å². The number of carbonyl (C=O) groups is 1. The van der Waals surface area contributed by atoms with Gasteiger partial charge in [-0.2, -0.15) is 5.10 Å². The van der Waals surface area contributed by atoms with Crippen molar-refractivity contribution in [2.75, 3.05) is 18.5 Å². The number of amides is 1. The lowest BCUT2D eigenvalue weighted by Gasteiger charge is -2.19. The number of benzene rings is 3. The van der Waals surface area contributed by atoms with Gasteiger partial charge in [-0.25, -0.2) is 13.8 Å². The Bertz CT molecular complexity index is 1290. The second kappa shape index (κ2) is 9.92. The smallest absolute Gasteiger partial charge is 0.311 e. The number of nitro benzene ring substituents is 1. The zero-order valence-corrected chi connectivity index (χ0v) is 18.5. The van der Waals surface area contributed by atoms with E-state index in [-0.39, 0.29) is 21.9 Å². The van der Waals surface area contributed by atoms with E-state index in [4.69, 9.17) is 4.74 Å². The number of ether oxygens (including phenoxy) is 1. The van der Waals surface area contributed by atoms with Gasteiger partial charge in [0, 0.05) is 24.2 Å². The van der Waals surface area contributed by atoms with E-state index in [1.807, 2.05) is 0 Å². The topological polar surface area (TPSA) is 131 Å². The highest BCUT2D eigenvalue weighted by Crippen LogP contribution is 2.27. The first-order valence-corrected chi connectivity index (χ1v) is 11.0. The highest BCUT2D eigenvalue weighted by atomic mass is 32.2. The highest BCUT2D eigenvalue weighted by molar-refractivity contribution is 7.92. The number of nitro groups is 1. The van der Waals surface area contributed by atoms with Gasteiger partial charge in [0.05, 0.1) is 28.8 Å². The first-order chi connectivity index (χ1) is 15.7. The first kappa shape index (κ1) is 23.4. The van der Waals surface area contributed by atoms with Crippen molar-refractivity contribution in [3.05, 3.63) is 94.0 Å². The van der Waals surface area contributed by atoms with E-state index in [0.29, 0.717) is 11.3 Å². The van der Waals surface area contributed by atoms with Gasteiger partial charge in [0.1, 0.15) is 0 Å². The van der Waals surface area contributed by atoms with Crippen molar-refractivity contribution in [3.8, 4) is 5.75 Å².